The molecule has 0 aromatic rings. The predicted molar refractivity (Wildman–Crippen MR) is 110 cm³/mol. The molecule has 0 saturated heterocycles. The first-order valence-electron chi connectivity index (χ1n) is 11.4. The third kappa shape index (κ3) is 10.1. The van der Waals surface area contributed by atoms with E-state index in [9.17, 15) is 80.5 Å². The van der Waals surface area contributed by atoms with Gasteiger partial charge >= 0.3 is 48.4 Å². The summed E-state index contributed by atoms with van der Waals surface area (Å²) in [4.78, 5) is 2.52. The maximum Gasteiger partial charge on any atom is 0.380 e. The Balaban J connectivity index is 4.56. The minimum atomic E-state index is -6.48. The van der Waals surface area contributed by atoms with E-state index in [0.717, 1.165) is 0 Å². The predicted octanol–water partition coefficient (Wildman–Crippen LogP) is 3.95. The molecule has 0 aliphatic heterocycles. The van der Waals surface area contributed by atoms with E-state index in [1.54, 1.807) is 0 Å². The van der Waals surface area contributed by atoms with Crippen molar-refractivity contribution in [3.8, 4) is 0 Å². The van der Waals surface area contributed by atoms with Crippen LogP contribution in [0.25, 0.3) is 0 Å². The fraction of sp³-hybridized carbons (Fsp3) is 1.00. The number of alkyl halides is 16. The summed E-state index contributed by atoms with van der Waals surface area (Å²) in [7, 11) is 2.61. The lowest BCUT2D eigenvalue weighted by Crippen LogP contribution is -2.59. The second-order valence-corrected chi connectivity index (χ2v) is 9.27. The summed E-state index contributed by atoms with van der Waals surface area (Å²) in [5.41, 5.74) is 0. The molecule has 0 saturated carbocycles. The zero-order valence-electron chi connectivity index (χ0n) is 21.6. The van der Waals surface area contributed by atoms with Crippen LogP contribution < -0.4 is 0 Å². The zero-order chi connectivity index (χ0) is 33.5. The Morgan fingerprint density at radius 1 is 0.548 bits per heavy atom. The summed E-state index contributed by atoms with van der Waals surface area (Å²) >= 11 is 0. The van der Waals surface area contributed by atoms with Crippen molar-refractivity contribution in [1.29, 1.82) is 0 Å². The van der Waals surface area contributed by atoms with Gasteiger partial charge in [0.15, 0.2) is 0 Å². The molecule has 6 nitrogen and oxygen atoms in total. The van der Waals surface area contributed by atoms with Crippen LogP contribution in [0.3, 0.4) is 0 Å². The van der Waals surface area contributed by atoms with E-state index in [4.69, 9.17) is 0 Å². The van der Waals surface area contributed by atoms with E-state index in [1.165, 1.54) is 23.9 Å². The number of hydrogen-bond acceptors (Lipinski definition) is 6. The van der Waals surface area contributed by atoms with Crippen LogP contribution in [0.2, 0.25) is 0 Å². The molecule has 0 heterocycles. The first-order valence-corrected chi connectivity index (χ1v) is 11.4. The van der Waals surface area contributed by atoms with Crippen molar-refractivity contribution in [1.82, 2.24) is 9.80 Å². The Morgan fingerprint density at radius 3 is 1.05 bits per heavy atom. The molecule has 0 aromatic carbocycles. The number of aliphatic hydroxyl groups is 2. The fourth-order valence-electron chi connectivity index (χ4n) is 2.94. The lowest BCUT2D eigenvalue weighted by molar-refractivity contribution is -0.346. The third-order valence-corrected chi connectivity index (χ3v) is 5.40. The highest BCUT2D eigenvalue weighted by Gasteiger charge is 2.76. The molecule has 0 bridgehead atoms. The molecule has 42 heavy (non-hydrogen) atoms. The van der Waals surface area contributed by atoms with Crippen molar-refractivity contribution in [3.63, 3.8) is 0 Å². The highest BCUT2D eigenvalue weighted by Crippen LogP contribution is 2.49. The molecule has 2 N–H and O–H groups in total. The normalized spacial score (nSPS) is 16.3. The first kappa shape index (κ1) is 40.6. The highest BCUT2D eigenvalue weighted by atomic mass is 19.4. The van der Waals surface area contributed by atoms with Crippen LogP contribution in [-0.2, 0) is 9.47 Å². The van der Waals surface area contributed by atoms with Gasteiger partial charge in [0.05, 0.1) is 25.4 Å². The van der Waals surface area contributed by atoms with Gasteiger partial charge in [0.25, 0.3) is 0 Å². The molecule has 22 heteroatoms. The van der Waals surface area contributed by atoms with Crippen molar-refractivity contribution in [2.45, 2.75) is 60.6 Å². The number of halogens is 16. The Hall–Kier alpha value is -1.36. The van der Waals surface area contributed by atoms with E-state index in [1.807, 2.05) is 0 Å². The molecule has 0 radical (unpaired) electrons. The first-order chi connectivity index (χ1) is 18.7. The molecule has 0 fully saturated rings. The molecule has 0 spiro atoms. The van der Waals surface area contributed by atoms with E-state index in [-0.39, 0.29) is 13.1 Å². The molecule has 0 amide bonds. The van der Waals surface area contributed by atoms with Gasteiger partial charge in [0, 0.05) is 26.2 Å². The van der Waals surface area contributed by atoms with E-state index >= 15 is 0 Å². The van der Waals surface area contributed by atoms with Gasteiger partial charge in [-0.15, -0.1) is 0 Å². The van der Waals surface area contributed by atoms with Crippen LogP contribution in [0.1, 0.15) is 0 Å². The smallest absolute Gasteiger partial charge is 0.380 e. The van der Waals surface area contributed by atoms with E-state index in [2.05, 4.69) is 9.47 Å². The van der Waals surface area contributed by atoms with Crippen molar-refractivity contribution in [2.24, 2.45) is 0 Å². The topological polar surface area (TPSA) is 65.4 Å². The van der Waals surface area contributed by atoms with Crippen LogP contribution >= 0.6 is 0 Å². The zero-order valence-corrected chi connectivity index (χ0v) is 21.6. The third-order valence-electron chi connectivity index (χ3n) is 5.40. The molecule has 2 unspecified atom stereocenters. The minimum Gasteiger partial charge on any atom is -0.389 e. The monoisotopic (exact) mass is 664 g/mol. The average molecular weight is 664 g/mol. The molecule has 0 aliphatic rings. The van der Waals surface area contributed by atoms with Gasteiger partial charge in [0.2, 0.25) is 0 Å². The summed E-state index contributed by atoms with van der Waals surface area (Å²) in [6.45, 7) is -7.99. The summed E-state index contributed by atoms with van der Waals surface area (Å²) in [6.07, 6.45) is -13.6. The van der Waals surface area contributed by atoms with E-state index in [0.29, 0.717) is 0 Å². The number of aliphatic hydroxyl groups excluding tert-OH is 2. The van der Waals surface area contributed by atoms with Crippen LogP contribution in [0.5, 0.6) is 0 Å². The standard InChI is InChI=1S/C20H28F16N2O4/c1-37(5-11(39)7-41-9-15(25,26)19(33,34)17(29,30)13(21)22)3-4-38(2)6-12(40)8-42-10-16(27,28)20(35,36)18(31,32)14(23)24/h11-14,39-40H,3-10H2,1-2H3. The van der Waals surface area contributed by atoms with Crippen molar-refractivity contribution in [2.75, 3.05) is 66.7 Å². The Bertz CT molecular complexity index is 742. The minimum absolute atomic E-state index is 0.0248. The van der Waals surface area contributed by atoms with Gasteiger partial charge in [-0.25, -0.2) is 17.6 Å². The van der Waals surface area contributed by atoms with Gasteiger partial charge in [-0.05, 0) is 14.1 Å². The van der Waals surface area contributed by atoms with E-state index < -0.39 is 100 Å². The molecule has 2 atom stereocenters. The molecule has 0 aromatic heterocycles. The molecular formula is C20H28F16N2O4. The molecule has 254 valence electrons. The van der Waals surface area contributed by atoms with Crippen LogP contribution in [0, 0.1) is 0 Å². The van der Waals surface area contributed by atoms with Crippen LogP contribution in [-0.4, -0.2) is 147 Å². The van der Waals surface area contributed by atoms with Gasteiger partial charge in [-0.3, -0.25) is 0 Å². The fourth-order valence-corrected chi connectivity index (χ4v) is 2.94. The summed E-state index contributed by atoms with van der Waals surface area (Å²) in [6, 6.07) is 0. The van der Waals surface area contributed by atoms with Crippen molar-refractivity contribution < 1.29 is 89.9 Å². The van der Waals surface area contributed by atoms with Gasteiger partial charge in [-0.1, -0.05) is 0 Å². The molecule has 0 aliphatic carbocycles. The summed E-state index contributed by atoms with van der Waals surface area (Å²) in [5, 5.41) is 19.5. The lowest BCUT2D eigenvalue weighted by Gasteiger charge is -2.32. The summed E-state index contributed by atoms with van der Waals surface area (Å²) < 4.78 is 214. The Morgan fingerprint density at radius 2 is 0.810 bits per heavy atom. The maximum absolute atomic E-state index is 13.4. The summed E-state index contributed by atoms with van der Waals surface area (Å²) in [5.74, 6) is -37.2. The average Bonchev–Trinajstić information content (AvgIpc) is 2.81. The Labute approximate surface area is 228 Å². The van der Waals surface area contributed by atoms with Gasteiger partial charge < -0.3 is 29.5 Å². The van der Waals surface area contributed by atoms with Crippen LogP contribution in [0.15, 0.2) is 0 Å². The number of likely N-dealkylation sites (N-methyl/N-ethyl adjacent to an activating group) is 2. The van der Waals surface area contributed by atoms with Gasteiger partial charge in [-0.2, -0.15) is 52.7 Å². The maximum atomic E-state index is 13.4. The molecular weight excluding hydrogens is 636 g/mol. The SMILES string of the molecule is CN(CCN(C)CC(O)COCC(F)(F)C(F)(F)C(F)(F)C(F)F)CC(O)COCC(F)(F)C(F)(F)C(F)(F)C(F)F. The quantitative estimate of drug-likeness (QED) is 0.182. The highest BCUT2D eigenvalue weighted by molar-refractivity contribution is 4.98. The van der Waals surface area contributed by atoms with Crippen molar-refractivity contribution >= 4 is 0 Å². The largest absolute Gasteiger partial charge is 0.389 e. The van der Waals surface area contributed by atoms with Crippen LogP contribution in [0.4, 0.5) is 70.2 Å². The second kappa shape index (κ2) is 15.1. The van der Waals surface area contributed by atoms with Crippen molar-refractivity contribution in [3.05, 3.63) is 0 Å². The number of nitrogens with zero attached hydrogens (tertiary/aromatic N) is 2. The Kier molecular flexibility index (Phi) is 14.6. The molecule has 0 rings (SSSR count). The second-order valence-electron chi connectivity index (χ2n) is 9.27. The number of rotatable bonds is 21. The number of ether oxygens (including phenoxy) is 2. The number of hydrogen-bond donors (Lipinski definition) is 2. The lowest BCUT2D eigenvalue weighted by atomic mass is 10.1. The van der Waals surface area contributed by atoms with Gasteiger partial charge in [0.1, 0.15) is 13.2 Å².